The highest BCUT2D eigenvalue weighted by Gasteiger charge is 2.07. The minimum absolute atomic E-state index is 0.838. The van der Waals surface area contributed by atoms with Gasteiger partial charge in [0.15, 0.2) is 0 Å². The molecule has 0 aromatic heterocycles. The van der Waals surface area contributed by atoms with E-state index in [2.05, 4.69) is 13.5 Å². The molecule has 0 bridgehead atoms. The van der Waals surface area contributed by atoms with Gasteiger partial charge in [0.1, 0.15) is 0 Å². The third kappa shape index (κ3) is 3.02. The van der Waals surface area contributed by atoms with E-state index in [1.165, 1.54) is 29.3 Å². The number of hydrogen-bond acceptors (Lipinski definition) is 2. The molecule has 0 N–H and O–H groups in total. The number of rotatable bonds is 0. The SMILES string of the molecule is C=C1CSCCC(C)SC1. The normalized spacial score (nSPS) is 29.3. The van der Waals surface area contributed by atoms with Gasteiger partial charge in [-0.1, -0.05) is 19.1 Å². The van der Waals surface area contributed by atoms with Crippen LogP contribution in [0.4, 0.5) is 0 Å². The molecular weight excluding hydrogens is 160 g/mol. The van der Waals surface area contributed by atoms with Gasteiger partial charge in [0, 0.05) is 16.8 Å². The lowest BCUT2D eigenvalue weighted by Gasteiger charge is -2.15. The van der Waals surface area contributed by atoms with Crippen LogP contribution < -0.4 is 0 Å². The summed E-state index contributed by atoms with van der Waals surface area (Å²) in [4.78, 5) is 0. The Hall–Kier alpha value is 0.440. The summed E-state index contributed by atoms with van der Waals surface area (Å²) in [5.74, 6) is 3.67. The summed E-state index contributed by atoms with van der Waals surface area (Å²) >= 11 is 4.08. The molecule has 1 heterocycles. The van der Waals surface area contributed by atoms with Crippen LogP contribution in [0.15, 0.2) is 12.2 Å². The van der Waals surface area contributed by atoms with Gasteiger partial charge < -0.3 is 0 Å². The van der Waals surface area contributed by atoms with Crippen molar-refractivity contribution < 1.29 is 0 Å². The maximum absolute atomic E-state index is 4.01. The van der Waals surface area contributed by atoms with Crippen molar-refractivity contribution in [1.29, 1.82) is 0 Å². The summed E-state index contributed by atoms with van der Waals surface area (Å²) in [5, 5.41) is 0.838. The fourth-order valence-corrected chi connectivity index (χ4v) is 3.09. The monoisotopic (exact) mass is 174 g/mol. The molecule has 0 aromatic rings. The second-order valence-electron chi connectivity index (χ2n) is 2.71. The van der Waals surface area contributed by atoms with Gasteiger partial charge in [0.05, 0.1) is 0 Å². The third-order valence-electron chi connectivity index (χ3n) is 1.55. The van der Waals surface area contributed by atoms with Crippen molar-refractivity contribution in [3.05, 3.63) is 12.2 Å². The smallest absolute Gasteiger partial charge is 0.0151 e. The van der Waals surface area contributed by atoms with E-state index in [-0.39, 0.29) is 0 Å². The second-order valence-corrected chi connectivity index (χ2v) is 5.24. The molecule has 10 heavy (non-hydrogen) atoms. The van der Waals surface area contributed by atoms with Crippen LogP contribution >= 0.6 is 23.5 Å². The molecule has 0 saturated carbocycles. The van der Waals surface area contributed by atoms with Crippen molar-refractivity contribution in [2.45, 2.75) is 18.6 Å². The second kappa shape index (κ2) is 4.35. The van der Waals surface area contributed by atoms with E-state index in [1.54, 1.807) is 0 Å². The van der Waals surface area contributed by atoms with Crippen LogP contribution in [0.3, 0.4) is 0 Å². The highest BCUT2D eigenvalue weighted by atomic mass is 32.2. The molecular formula is C8H14S2. The maximum atomic E-state index is 4.01. The van der Waals surface area contributed by atoms with Crippen LogP contribution in [0.1, 0.15) is 13.3 Å². The molecule has 0 aliphatic carbocycles. The predicted octanol–water partition coefficient (Wildman–Crippen LogP) is 2.80. The van der Waals surface area contributed by atoms with Gasteiger partial charge in [0.2, 0.25) is 0 Å². The van der Waals surface area contributed by atoms with E-state index in [0.29, 0.717) is 0 Å². The first kappa shape index (κ1) is 8.54. The number of hydrogen-bond donors (Lipinski definition) is 0. The van der Waals surface area contributed by atoms with Crippen molar-refractivity contribution in [2.75, 3.05) is 17.3 Å². The zero-order chi connectivity index (χ0) is 7.40. The topological polar surface area (TPSA) is 0 Å². The molecule has 1 saturated heterocycles. The zero-order valence-corrected chi connectivity index (χ0v) is 8.06. The molecule has 1 fully saturated rings. The predicted molar refractivity (Wildman–Crippen MR) is 53.0 cm³/mol. The Balaban J connectivity index is 2.29. The molecule has 1 unspecified atom stereocenters. The van der Waals surface area contributed by atoms with Gasteiger partial charge in [0.25, 0.3) is 0 Å². The summed E-state index contributed by atoms with van der Waals surface area (Å²) < 4.78 is 0. The molecule has 58 valence electrons. The first-order valence-electron chi connectivity index (χ1n) is 3.65. The molecule has 1 aliphatic heterocycles. The summed E-state index contributed by atoms with van der Waals surface area (Å²) in [6.07, 6.45) is 1.36. The van der Waals surface area contributed by atoms with Crippen molar-refractivity contribution >= 4 is 23.5 Å². The van der Waals surface area contributed by atoms with Crippen molar-refractivity contribution in [2.24, 2.45) is 0 Å². The highest BCUT2D eigenvalue weighted by molar-refractivity contribution is 8.01. The van der Waals surface area contributed by atoms with Crippen molar-refractivity contribution in [3.8, 4) is 0 Å². The summed E-state index contributed by atoms with van der Waals surface area (Å²) in [6.45, 7) is 6.32. The van der Waals surface area contributed by atoms with E-state index in [4.69, 9.17) is 0 Å². The molecule has 1 atom stereocenters. The lowest BCUT2D eigenvalue weighted by molar-refractivity contribution is 0.915. The molecule has 0 radical (unpaired) electrons. The van der Waals surface area contributed by atoms with E-state index in [1.807, 2.05) is 23.5 Å². The van der Waals surface area contributed by atoms with Crippen LogP contribution in [0.25, 0.3) is 0 Å². The van der Waals surface area contributed by atoms with Gasteiger partial charge in [-0.15, -0.1) is 0 Å². The third-order valence-corrected chi connectivity index (χ3v) is 4.06. The largest absolute Gasteiger partial charge is 0.158 e. The molecule has 0 spiro atoms. The quantitative estimate of drug-likeness (QED) is 0.518. The Morgan fingerprint density at radius 3 is 3.10 bits per heavy atom. The van der Waals surface area contributed by atoms with E-state index in [9.17, 15) is 0 Å². The van der Waals surface area contributed by atoms with Crippen molar-refractivity contribution in [1.82, 2.24) is 0 Å². The summed E-state index contributed by atoms with van der Waals surface area (Å²) in [6, 6.07) is 0. The average Bonchev–Trinajstić information content (AvgIpc) is 1.90. The highest BCUT2D eigenvalue weighted by Crippen LogP contribution is 2.24. The minimum Gasteiger partial charge on any atom is -0.158 e. The Labute approximate surface area is 71.8 Å². The molecule has 0 nitrogen and oxygen atoms in total. The lowest BCUT2D eigenvalue weighted by atomic mass is 10.4. The summed E-state index contributed by atoms with van der Waals surface area (Å²) in [5.41, 5.74) is 1.40. The Bertz CT molecular complexity index is 120. The molecule has 1 rings (SSSR count). The van der Waals surface area contributed by atoms with Crippen LogP contribution in [0, 0.1) is 0 Å². The first-order valence-corrected chi connectivity index (χ1v) is 5.85. The van der Waals surface area contributed by atoms with E-state index >= 15 is 0 Å². The van der Waals surface area contributed by atoms with Gasteiger partial charge in [-0.3, -0.25) is 0 Å². The van der Waals surface area contributed by atoms with Crippen LogP contribution in [0.2, 0.25) is 0 Å². The van der Waals surface area contributed by atoms with Gasteiger partial charge in [-0.05, 0) is 12.2 Å². The molecule has 2 heteroatoms. The number of thioether (sulfide) groups is 2. The van der Waals surface area contributed by atoms with Gasteiger partial charge >= 0.3 is 0 Å². The minimum atomic E-state index is 0.838. The average molecular weight is 174 g/mol. The molecule has 1 aliphatic rings. The standard InChI is InChI=1S/C8H14S2/c1-7-5-9-4-3-8(2)10-6-7/h8H,1,3-6H2,2H3. The zero-order valence-electron chi connectivity index (χ0n) is 6.43. The van der Waals surface area contributed by atoms with Crippen LogP contribution in [0.5, 0.6) is 0 Å². The fraction of sp³-hybridized carbons (Fsp3) is 0.750. The van der Waals surface area contributed by atoms with Crippen LogP contribution in [-0.4, -0.2) is 22.5 Å². The first-order chi connectivity index (χ1) is 4.79. The lowest BCUT2D eigenvalue weighted by Crippen LogP contribution is -2.05. The molecule has 0 amide bonds. The Morgan fingerprint density at radius 2 is 2.30 bits per heavy atom. The maximum Gasteiger partial charge on any atom is 0.0151 e. The summed E-state index contributed by atoms with van der Waals surface area (Å²) in [7, 11) is 0. The van der Waals surface area contributed by atoms with Crippen molar-refractivity contribution in [3.63, 3.8) is 0 Å². The fourth-order valence-electron chi connectivity index (χ4n) is 0.851. The van der Waals surface area contributed by atoms with E-state index < -0.39 is 0 Å². The Kier molecular flexibility index (Phi) is 3.71. The van der Waals surface area contributed by atoms with Gasteiger partial charge in [-0.25, -0.2) is 0 Å². The Morgan fingerprint density at radius 1 is 1.50 bits per heavy atom. The van der Waals surface area contributed by atoms with E-state index in [0.717, 1.165) is 5.25 Å². The molecule has 0 aromatic carbocycles. The van der Waals surface area contributed by atoms with Gasteiger partial charge in [-0.2, -0.15) is 23.5 Å². The van der Waals surface area contributed by atoms with Crippen LogP contribution in [-0.2, 0) is 0 Å².